The molecule has 5 heterocycles. The van der Waals surface area contributed by atoms with E-state index >= 15 is 0 Å². The molecule has 12 nitrogen and oxygen atoms in total. The molecule has 1 N–H and O–H groups in total. The molecule has 1 saturated heterocycles. The largest absolute Gasteiger partial charge is 0.474 e. The Balaban J connectivity index is 1.07. The smallest absolute Gasteiger partial charge is 0.451 e. The highest BCUT2D eigenvalue weighted by molar-refractivity contribution is 6.76. The van der Waals surface area contributed by atoms with E-state index in [1.165, 1.54) is 6.07 Å². The zero-order chi connectivity index (χ0) is 37.3. The fourth-order valence-electron chi connectivity index (χ4n) is 6.84. The Morgan fingerprint density at radius 1 is 1.08 bits per heavy atom. The van der Waals surface area contributed by atoms with Gasteiger partial charge >= 0.3 is 6.18 Å². The summed E-state index contributed by atoms with van der Waals surface area (Å²) in [7, 11) is -1.18. The summed E-state index contributed by atoms with van der Waals surface area (Å²) in [5.41, 5.74) is 1.91. The SMILES string of the molecule is CC(C)(C)NCc1cc(O[C@H]2CC[C@@H](N3CC(CC#N)(n4cc(-c5ncnc6c5ccn6COCC[Si](C)(C)C)cn4)C3)CC2)nc(C(F)(F)F)n1. The molecule has 2 fully saturated rings. The number of likely N-dealkylation sites (tertiary alicyclic amines) is 1. The minimum Gasteiger partial charge on any atom is -0.474 e. The molecule has 52 heavy (non-hydrogen) atoms. The van der Waals surface area contributed by atoms with E-state index in [0.29, 0.717) is 39.1 Å². The lowest BCUT2D eigenvalue weighted by Gasteiger charge is -2.53. The van der Waals surface area contributed by atoms with Crippen LogP contribution in [-0.4, -0.2) is 84.6 Å². The van der Waals surface area contributed by atoms with Crippen molar-refractivity contribution in [1.82, 2.24) is 44.5 Å². The molecular weight excluding hydrogens is 690 g/mol. The van der Waals surface area contributed by atoms with Crippen LogP contribution in [0.4, 0.5) is 13.2 Å². The number of rotatable bonds is 13. The van der Waals surface area contributed by atoms with Crippen LogP contribution in [0.3, 0.4) is 0 Å². The number of hydrogen-bond acceptors (Lipinski definition) is 10. The average Bonchev–Trinajstić information content (AvgIpc) is 3.71. The number of hydrogen-bond donors (Lipinski definition) is 1. The van der Waals surface area contributed by atoms with Crippen molar-refractivity contribution in [2.24, 2.45) is 0 Å². The van der Waals surface area contributed by atoms with E-state index < -0.39 is 25.6 Å². The van der Waals surface area contributed by atoms with E-state index in [0.717, 1.165) is 47.8 Å². The molecule has 6 rings (SSSR count). The van der Waals surface area contributed by atoms with Gasteiger partial charge in [0.15, 0.2) is 0 Å². The number of nitrogens with zero attached hydrogens (tertiary/aromatic N) is 9. The lowest BCUT2D eigenvalue weighted by atomic mass is 9.82. The molecule has 0 radical (unpaired) electrons. The van der Waals surface area contributed by atoms with Crippen LogP contribution in [0, 0.1) is 11.3 Å². The highest BCUT2D eigenvalue weighted by atomic mass is 28.3. The van der Waals surface area contributed by atoms with E-state index in [9.17, 15) is 18.4 Å². The molecule has 280 valence electrons. The number of fused-ring (bicyclic) bond motifs is 1. The van der Waals surface area contributed by atoms with Crippen molar-refractivity contribution >= 4 is 19.1 Å². The summed E-state index contributed by atoms with van der Waals surface area (Å²) < 4.78 is 56.7. The van der Waals surface area contributed by atoms with Gasteiger partial charge < -0.3 is 19.4 Å². The van der Waals surface area contributed by atoms with Gasteiger partial charge in [-0.15, -0.1) is 0 Å². The molecule has 0 amide bonds. The molecule has 0 aromatic carbocycles. The lowest BCUT2D eigenvalue weighted by molar-refractivity contribution is -0.145. The number of nitriles is 1. The first-order chi connectivity index (χ1) is 24.5. The zero-order valence-corrected chi connectivity index (χ0v) is 31.9. The summed E-state index contributed by atoms with van der Waals surface area (Å²) in [6.07, 6.45) is 5.73. The van der Waals surface area contributed by atoms with Gasteiger partial charge in [-0.3, -0.25) is 9.58 Å². The molecular formula is C36H49F3N10O2Si. The Morgan fingerprint density at radius 3 is 2.50 bits per heavy atom. The number of nitrogens with one attached hydrogen (secondary N) is 1. The summed E-state index contributed by atoms with van der Waals surface area (Å²) in [5.74, 6) is -1.24. The highest BCUT2D eigenvalue weighted by Crippen LogP contribution is 2.39. The van der Waals surface area contributed by atoms with Crippen LogP contribution >= 0.6 is 0 Å². The first-order valence-corrected chi connectivity index (χ1v) is 21.6. The third-order valence-electron chi connectivity index (χ3n) is 9.78. The van der Waals surface area contributed by atoms with Crippen molar-refractivity contribution in [2.75, 3.05) is 19.7 Å². The van der Waals surface area contributed by atoms with Crippen LogP contribution in [0.1, 0.15) is 64.4 Å². The third-order valence-corrected chi connectivity index (χ3v) is 11.5. The van der Waals surface area contributed by atoms with Gasteiger partial charge in [-0.1, -0.05) is 19.6 Å². The number of ether oxygens (including phenoxy) is 2. The first-order valence-electron chi connectivity index (χ1n) is 17.9. The standard InChI is InChI=1S/C36H49F3N10O2Si/c1-34(2,3)43-19-26-17-30(46-33(45-26)36(37,38)39)51-28-9-7-27(8-10-28)48-21-35(22-48,12-13-40)49-20-25(18-44-49)31-29-11-14-47(32(29)42-23-41-31)24-50-15-16-52(4,5)6/h11,14,17-18,20,23,27-28,43H,7-10,12,15-16,19,21-22,24H2,1-6H3/t27-,28+. The highest BCUT2D eigenvalue weighted by Gasteiger charge is 2.48. The summed E-state index contributed by atoms with van der Waals surface area (Å²) >= 11 is 0. The van der Waals surface area contributed by atoms with Crippen molar-refractivity contribution in [3.63, 3.8) is 0 Å². The van der Waals surface area contributed by atoms with E-state index in [4.69, 9.17) is 14.6 Å². The van der Waals surface area contributed by atoms with Gasteiger partial charge in [-0.2, -0.15) is 28.5 Å². The summed E-state index contributed by atoms with van der Waals surface area (Å²) in [6, 6.07) is 7.25. The van der Waals surface area contributed by atoms with Crippen LogP contribution in [0.5, 0.6) is 5.88 Å². The maximum absolute atomic E-state index is 13.6. The van der Waals surface area contributed by atoms with Crippen LogP contribution in [0.2, 0.25) is 25.7 Å². The maximum Gasteiger partial charge on any atom is 0.451 e. The van der Waals surface area contributed by atoms with E-state index in [1.807, 2.05) is 48.5 Å². The Hall–Kier alpha value is -3.91. The number of halogens is 3. The van der Waals surface area contributed by atoms with Crippen LogP contribution in [-0.2, 0) is 29.7 Å². The maximum atomic E-state index is 13.6. The first kappa shape index (κ1) is 37.8. The van der Waals surface area contributed by atoms with Crippen LogP contribution in [0.25, 0.3) is 22.3 Å². The fourth-order valence-corrected chi connectivity index (χ4v) is 7.60. The van der Waals surface area contributed by atoms with Gasteiger partial charge in [-0.05, 0) is 58.6 Å². The Labute approximate surface area is 303 Å². The Bertz CT molecular complexity index is 1880. The van der Waals surface area contributed by atoms with Gasteiger partial charge in [0.1, 0.15) is 30.3 Å². The molecule has 4 aromatic heterocycles. The molecule has 0 unspecified atom stereocenters. The predicted octanol–water partition coefficient (Wildman–Crippen LogP) is 6.62. The second-order valence-electron chi connectivity index (χ2n) is 16.4. The van der Waals surface area contributed by atoms with Gasteiger partial charge in [0.05, 0.1) is 30.1 Å². The van der Waals surface area contributed by atoms with Gasteiger partial charge in [0.2, 0.25) is 11.7 Å². The van der Waals surface area contributed by atoms with E-state index in [-0.39, 0.29) is 35.8 Å². The van der Waals surface area contributed by atoms with Crippen LogP contribution in [0.15, 0.2) is 37.1 Å². The molecule has 4 aromatic rings. The average molecular weight is 739 g/mol. The molecule has 0 spiro atoms. The molecule has 1 aliphatic carbocycles. The Kier molecular flexibility index (Phi) is 10.8. The van der Waals surface area contributed by atoms with Crippen molar-refractivity contribution in [3.8, 4) is 23.2 Å². The van der Waals surface area contributed by atoms with Crippen molar-refractivity contribution in [2.45, 2.75) is 121 Å². The van der Waals surface area contributed by atoms with Crippen molar-refractivity contribution < 1.29 is 22.6 Å². The molecule has 2 aliphatic rings. The molecule has 1 aliphatic heterocycles. The third kappa shape index (κ3) is 8.99. The van der Waals surface area contributed by atoms with E-state index in [2.05, 4.69) is 55.9 Å². The van der Waals surface area contributed by atoms with E-state index in [1.54, 1.807) is 12.5 Å². The van der Waals surface area contributed by atoms with Crippen molar-refractivity contribution in [1.29, 1.82) is 5.26 Å². The Morgan fingerprint density at radius 2 is 1.83 bits per heavy atom. The van der Waals surface area contributed by atoms with Gasteiger partial charge in [-0.25, -0.2) is 15.0 Å². The quantitative estimate of drug-likeness (QED) is 0.118. The monoisotopic (exact) mass is 738 g/mol. The topological polar surface area (TPSA) is 132 Å². The minimum absolute atomic E-state index is 0.0497. The second kappa shape index (κ2) is 14.8. The second-order valence-corrected chi connectivity index (χ2v) is 22.0. The summed E-state index contributed by atoms with van der Waals surface area (Å²) in [5, 5.41) is 18.6. The summed E-state index contributed by atoms with van der Waals surface area (Å²) in [6.45, 7) is 15.5. The van der Waals surface area contributed by atoms with Crippen molar-refractivity contribution in [3.05, 3.63) is 48.6 Å². The predicted molar refractivity (Wildman–Crippen MR) is 193 cm³/mol. The summed E-state index contributed by atoms with van der Waals surface area (Å²) in [4.78, 5) is 19.0. The lowest BCUT2D eigenvalue weighted by Crippen LogP contribution is -2.65. The number of alkyl halides is 3. The molecule has 16 heteroatoms. The fraction of sp³-hybridized carbons (Fsp3) is 0.611. The zero-order valence-electron chi connectivity index (χ0n) is 30.9. The normalized spacial score (nSPS) is 19.8. The molecule has 0 bridgehead atoms. The minimum atomic E-state index is -4.68. The van der Waals surface area contributed by atoms with Crippen LogP contribution < -0.4 is 10.1 Å². The van der Waals surface area contributed by atoms with Gasteiger partial charge in [0.25, 0.3) is 0 Å². The molecule has 1 saturated carbocycles. The van der Waals surface area contributed by atoms with Gasteiger partial charge in [0, 0.05) is 75.3 Å². The molecule has 0 atom stereocenters. The number of aromatic nitrogens is 7.